The second-order valence-corrected chi connectivity index (χ2v) is 6.69. The summed E-state index contributed by atoms with van der Waals surface area (Å²) in [6.07, 6.45) is 2.52. The summed E-state index contributed by atoms with van der Waals surface area (Å²) in [5.41, 5.74) is 4.06. The van der Waals surface area contributed by atoms with Gasteiger partial charge < -0.3 is 10.3 Å². The van der Waals surface area contributed by atoms with Crippen LogP contribution in [0.15, 0.2) is 20.7 Å². The van der Waals surface area contributed by atoms with Crippen molar-refractivity contribution >= 4 is 10.0 Å². The lowest BCUT2D eigenvalue weighted by atomic mass is 10.0. The molecule has 0 aliphatic rings. The van der Waals surface area contributed by atoms with Crippen molar-refractivity contribution in [1.82, 2.24) is 13.9 Å². The molecule has 1 unspecified atom stereocenters. The smallest absolute Gasteiger partial charge is 0.330 e. The Morgan fingerprint density at radius 3 is 2.48 bits per heavy atom. The Labute approximate surface area is 123 Å². The number of hydrogen-bond acceptors (Lipinski definition) is 5. The van der Waals surface area contributed by atoms with Crippen LogP contribution >= 0.6 is 0 Å². The van der Waals surface area contributed by atoms with Crippen LogP contribution in [0, 0.1) is 5.92 Å². The van der Waals surface area contributed by atoms with Crippen LogP contribution < -0.4 is 21.7 Å². The van der Waals surface area contributed by atoms with Gasteiger partial charge in [0, 0.05) is 26.8 Å². The minimum absolute atomic E-state index is 0.112. The minimum Gasteiger partial charge on any atom is -0.330 e. The predicted octanol–water partition coefficient (Wildman–Crippen LogP) is -1.26. The van der Waals surface area contributed by atoms with Gasteiger partial charge in [-0.1, -0.05) is 13.3 Å². The molecule has 0 saturated heterocycles. The number of nitrogens with zero attached hydrogens (tertiary/aromatic N) is 2. The summed E-state index contributed by atoms with van der Waals surface area (Å²) in [7, 11) is -1.32. The van der Waals surface area contributed by atoms with Crippen molar-refractivity contribution in [2.24, 2.45) is 25.7 Å². The van der Waals surface area contributed by atoms with E-state index in [4.69, 9.17) is 5.73 Å². The summed E-state index contributed by atoms with van der Waals surface area (Å²) in [5, 5.41) is 0. The van der Waals surface area contributed by atoms with E-state index in [1.165, 1.54) is 14.1 Å². The molecule has 0 spiro atoms. The largest absolute Gasteiger partial charge is 0.330 e. The van der Waals surface area contributed by atoms with Crippen LogP contribution in [-0.4, -0.2) is 30.6 Å². The fourth-order valence-electron chi connectivity index (χ4n) is 1.95. The van der Waals surface area contributed by atoms with Crippen molar-refractivity contribution in [3.63, 3.8) is 0 Å². The summed E-state index contributed by atoms with van der Waals surface area (Å²) in [5.74, 6) is 0.112. The Hall–Kier alpha value is -1.45. The third-order valence-corrected chi connectivity index (χ3v) is 4.82. The number of hydrogen-bond donors (Lipinski definition) is 2. The normalized spacial score (nSPS) is 13.3. The quantitative estimate of drug-likeness (QED) is 0.651. The van der Waals surface area contributed by atoms with Crippen molar-refractivity contribution < 1.29 is 8.42 Å². The molecule has 120 valence electrons. The predicted molar refractivity (Wildman–Crippen MR) is 79.6 cm³/mol. The van der Waals surface area contributed by atoms with Gasteiger partial charge in [-0.05, 0) is 18.9 Å². The van der Waals surface area contributed by atoms with Crippen molar-refractivity contribution in [3.05, 3.63) is 27.0 Å². The highest BCUT2D eigenvalue weighted by molar-refractivity contribution is 7.89. The Morgan fingerprint density at radius 2 is 1.95 bits per heavy atom. The van der Waals surface area contributed by atoms with Crippen LogP contribution in [0.25, 0.3) is 0 Å². The van der Waals surface area contributed by atoms with Crippen molar-refractivity contribution in [3.8, 4) is 0 Å². The minimum atomic E-state index is -3.96. The Morgan fingerprint density at radius 1 is 1.33 bits per heavy atom. The zero-order valence-electron chi connectivity index (χ0n) is 12.5. The van der Waals surface area contributed by atoms with E-state index in [0.717, 1.165) is 21.8 Å². The van der Waals surface area contributed by atoms with E-state index in [1.54, 1.807) is 0 Å². The van der Waals surface area contributed by atoms with Gasteiger partial charge >= 0.3 is 5.69 Å². The molecule has 0 aliphatic carbocycles. The third kappa shape index (κ3) is 4.02. The molecular weight excluding hydrogens is 296 g/mol. The zero-order valence-corrected chi connectivity index (χ0v) is 13.3. The van der Waals surface area contributed by atoms with Crippen LogP contribution in [0.3, 0.4) is 0 Å². The van der Waals surface area contributed by atoms with Gasteiger partial charge in [-0.15, -0.1) is 0 Å². The maximum atomic E-state index is 12.2. The van der Waals surface area contributed by atoms with Crippen LogP contribution in [0.1, 0.15) is 19.8 Å². The SMILES string of the molecule is CCC(CCN)CNS(=O)(=O)c1cn(C)c(=O)n(C)c1=O. The number of nitrogens with two attached hydrogens (primary N) is 1. The van der Waals surface area contributed by atoms with E-state index in [0.29, 0.717) is 13.0 Å². The van der Waals surface area contributed by atoms with Crippen molar-refractivity contribution in [2.75, 3.05) is 13.1 Å². The summed E-state index contributed by atoms with van der Waals surface area (Å²) in [6, 6.07) is 0. The highest BCUT2D eigenvalue weighted by Crippen LogP contribution is 2.07. The molecule has 21 heavy (non-hydrogen) atoms. The first kappa shape index (κ1) is 17.6. The molecule has 1 atom stereocenters. The summed E-state index contributed by atoms with van der Waals surface area (Å²) < 4.78 is 28.7. The topological polar surface area (TPSA) is 116 Å². The van der Waals surface area contributed by atoms with Crippen molar-refractivity contribution in [2.45, 2.75) is 24.7 Å². The third-order valence-electron chi connectivity index (χ3n) is 3.42. The lowest BCUT2D eigenvalue weighted by Crippen LogP contribution is -2.42. The van der Waals surface area contributed by atoms with Gasteiger partial charge in [0.25, 0.3) is 5.56 Å². The van der Waals surface area contributed by atoms with E-state index in [9.17, 15) is 18.0 Å². The molecule has 0 saturated carbocycles. The van der Waals surface area contributed by atoms with Gasteiger partial charge in [-0.3, -0.25) is 9.36 Å². The Kier molecular flexibility index (Phi) is 5.87. The number of aromatic nitrogens is 2. The standard InChI is InChI=1S/C12H22N4O4S/c1-4-9(5-6-13)7-14-21(19,20)10-8-15(2)12(18)16(3)11(10)17/h8-9,14H,4-7,13H2,1-3H3. The molecule has 0 radical (unpaired) electrons. The molecule has 1 aromatic heterocycles. The maximum Gasteiger partial charge on any atom is 0.330 e. The summed E-state index contributed by atoms with van der Waals surface area (Å²) in [4.78, 5) is 23.1. The van der Waals surface area contributed by atoms with E-state index in [-0.39, 0.29) is 12.5 Å². The average Bonchev–Trinajstić information content (AvgIpc) is 2.44. The molecule has 0 aromatic carbocycles. The lowest BCUT2D eigenvalue weighted by molar-refractivity contribution is 0.465. The Bertz CT molecular complexity index is 705. The second-order valence-electron chi connectivity index (χ2n) is 4.95. The van der Waals surface area contributed by atoms with E-state index >= 15 is 0 Å². The number of aryl methyl sites for hydroxylation is 1. The highest BCUT2D eigenvalue weighted by Gasteiger charge is 2.22. The first-order chi connectivity index (χ1) is 9.74. The van der Waals surface area contributed by atoms with Crippen LogP contribution in [-0.2, 0) is 24.1 Å². The molecule has 0 amide bonds. The summed E-state index contributed by atoms with van der Waals surface area (Å²) >= 11 is 0. The van der Waals surface area contributed by atoms with Gasteiger partial charge in [0.1, 0.15) is 0 Å². The van der Waals surface area contributed by atoms with Gasteiger partial charge in [-0.2, -0.15) is 0 Å². The molecule has 0 bridgehead atoms. The van der Waals surface area contributed by atoms with Crippen molar-refractivity contribution in [1.29, 1.82) is 0 Å². The summed E-state index contributed by atoms with van der Waals surface area (Å²) in [6.45, 7) is 2.63. The van der Waals surface area contributed by atoms with Gasteiger partial charge in [-0.25, -0.2) is 17.9 Å². The monoisotopic (exact) mass is 318 g/mol. The van der Waals surface area contributed by atoms with Crippen LogP contribution in [0.4, 0.5) is 0 Å². The number of nitrogens with one attached hydrogen (secondary N) is 1. The molecule has 0 fully saturated rings. The molecule has 1 heterocycles. The molecule has 1 rings (SSSR count). The van der Waals surface area contributed by atoms with Gasteiger partial charge in [0.2, 0.25) is 10.0 Å². The number of rotatable bonds is 7. The van der Waals surface area contributed by atoms with Gasteiger partial charge in [0.15, 0.2) is 4.90 Å². The molecule has 1 aromatic rings. The molecule has 8 nitrogen and oxygen atoms in total. The highest BCUT2D eigenvalue weighted by atomic mass is 32.2. The number of sulfonamides is 1. The average molecular weight is 318 g/mol. The van der Waals surface area contributed by atoms with E-state index < -0.39 is 26.2 Å². The van der Waals surface area contributed by atoms with Crippen LogP contribution in [0.2, 0.25) is 0 Å². The van der Waals surface area contributed by atoms with E-state index in [2.05, 4.69) is 4.72 Å². The lowest BCUT2D eigenvalue weighted by Gasteiger charge is -2.15. The molecule has 9 heteroatoms. The molecule has 3 N–H and O–H groups in total. The molecular formula is C12H22N4O4S. The zero-order chi connectivity index (χ0) is 16.2. The fraction of sp³-hybridized carbons (Fsp3) is 0.667. The Balaban J connectivity index is 3.10. The molecule has 0 aliphatic heterocycles. The second kappa shape index (κ2) is 7.01. The van der Waals surface area contributed by atoms with Crippen LogP contribution in [0.5, 0.6) is 0 Å². The van der Waals surface area contributed by atoms with E-state index in [1.807, 2.05) is 6.92 Å². The fourth-order valence-corrected chi connectivity index (χ4v) is 3.23. The van der Waals surface area contributed by atoms with Gasteiger partial charge in [0.05, 0.1) is 0 Å². The maximum absolute atomic E-state index is 12.2. The first-order valence-corrected chi connectivity index (χ1v) is 8.19. The first-order valence-electron chi connectivity index (χ1n) is 6.71.